The molecule has 0 aliphatic heterocycles. The highest BCUT2D eigenvalue weighted by molar-refractivity contribution is 5.26. The summed E-state index contributed by atoms with van der Waals surface area (Å²) in [6.07, 6.45) is 3.33. The lowest BCUT2D eigenvalue weighted by atomic mass is 10.1. The minimum absolute atomic E-state index is 0.607. The van der Waals surface area contributed by atoms with E-state index >= 15 is 0 Å². The highest BCUT2D eigenvalue weighted by atomic mass is 14.9. The third kappa shape index (κ3) is 13.3. The fourth-order valence-corrected chi connectivity index (χ4v) is 1.16. The van der Waals surface area contributed by atoms with Crippen molar-refractivity contribution in [1.29, 1.82) is 0 Å². The largest absolute Gasteiger partial charge is 0.386 e. The van der Waals surface area contributed by atoms with Crippen LogP contribution in [0, 0.1) is 5.92 Å². The summed E-state index contributed by atoms with van der Waals surface area (Å²) in [6.45, 7) is 21.6. The van der Waals surface area contributed by atoms with Crippen LogP contribution in [0.2, 0.25) is 0 Å². The molecule has 0 rings (SSSR count). The molecule has 0 aliphatic carbocycles. The van der Waals surface area contributed by atoms with E-state index in [0.717, 1.165) is 18.7 Å². The fourth-order valence-electron chi connectivity index (χ4n) is 1.16. The van der Waals surface area contributed by atoms with Gasteiger partial charge in [0, 0.05) is 12.2 Å². The normalized spacial score (nSPS) is 9.69. The third-order valence-electron chi connectivity index (χ3n) is 1.69. The molecule has 1 nitrogen and oxygen atoms in total. The Labute approximate surface area is 104 Å². The Morgan fingerprint density at radius 1 is 1.12 bits per heavy atom. The standard InChI is InChI=1S/C11H21N.2C2H6/c1-6-11(8-9(3)4)10(5)12-7-2;2*1-2/h8-9,12H,5-7H2,1-4H3;2*1-2H3/b11-8-;;. The second-order valence-corrected chi connectivity index (χ2v) is 3.30. The predicted molar refractivity (Wildman–Crippen MR) is 78.7 cm³/mol. The summed E-state index contributed by atoms with van der Waals surface area (Å²) in [6, 6.07) is 0. The first-order valence-electron chi connectivity index (χ1n) is 6.75. The second kappa shape index (κ2) is 16.7. The lowest BCUT2D eigenvalue weighted by Gasteiger charge is -2.11. The Balaban J connectivity index is -0.000000376. The van der Waals surface area contributed by atoms with Gasteiger partial charge in [-0.25, -0.2) is 0 Å². The predicted octanol–water partition coefficient (Wildman–Crippen LogP) is 5.15. The van der Waals surface area contributed by atoms with E-state index in [2.05, 4.69) is 45.7 Å². The molecule has 0 spiro atoms. The summed E-state index contributed by atoms with van der Waals surface area (Å²) in [5.74, 6) is 0.607. The molecule has 1 heteroatoms. The van der Waals surface area contributed by atoms with Gasteiger partial charge in [0.2, 0.25) is 0 Å². The van der Waals surface area contributed by atoms with Gasteiger partial charge in [-0.2, -0.15) is 0 Å². The van der Waals surface area contributed by atoms with Gasteiger partial charge in [-0.05, 0) is 24.8 Å². The van der Waals surface area contributed by atoms with Crippen molar-refractivity contribution in [2.75, 3.05) is 6.54 Å². The number of rotatable bonds is 5. The van der Waals surface area contributed by atoms with E-state index in [1.165, 1.54) is 5.57 Å². The molecule has 0 radical (unpaired) electrons. The maximum absolute atomic E-state index is 3.99. The summed E-state index contributed by atoms with van der Waals surface area (Å²) in [5.41, 5.74) is 2.42. The highest BCUT2D eigenvalue weighted by Crippen LogP contribution is 2.12. The van der Waals surface area contributed by atoms with Gasteiger partial charge >= 0.3 is 0 Å². The van der Waals surface area contributed by atoms with Crippen LogP contribution >= 0.6 is 0 Å². The average molecular weight is 227 g/mol. The van der Waals surface area contributed by atoms with Gasteiger partial charge in [-0.15, -0.1) is 0 Å². The zero-order chi connectivity index (χ0) is 13.6. The molecule has 0 saturated heterocycles. The fraction of sp³-hybridized carbons (Fsp3) is 0.733. The van der Waals surface area contributed by atoms with Gasteiger partial charge in [-0.1, -0.05) is 61.1 Å². The van der Waals surface area contributed by atoms with Crippen LogP contribution in [0.1, 0.15) is 61.8 Å². The van der Waals surface area contributed by atoms with Crippen LogP contribution in [-0.2, 0) is 0 Å². The number of allylic oxidation sites excluding steroid dienone is 2. The summed E-state index contributed by atoms with van der Waals surface area (Å²) < 4.78 is 0. The monoisotopic (exact) mass is 227 g/mol. The maximum atomic E-state index is 3.99. The van der Waals surface area contributed by atoms with Gasteiger partial charge in [-0.3, -0.25) is 0 Å². The van der Waals surface area contributed by atoms with Crippen molar-refractivity contribution in [3.63, 3.8) is 0 Å². The molecule has 0 fully saturated rings. The molecule has 0 heterocycles. The Morgan fingerprint density at radius 3 is 1.81 bits per heavy atom. The Kier molecular flexibility index (Phi) is 21.6. The van der Waals surface area contributed by atoms with Crippen molar-refractivity contribution >= 4 is 0 Å². The molecule has 0 aromatic rings. The molecule has 0 amide bonds. The molecule has 0 unspecified atom stereocenters. The smallest absolute Gasteiger partial charge is 0.0296 e. The van der Waals surface area contributed by atoms with Crippen molar-refractivity contribution in [3.8, 4) is 0 Å². The van der Waals surface area contributed by atoms with Crippen molar-refractivity contribution in [3.05, 3.63) is 23.9 Å². The molecule has 0 aliphatic rings. The number of nitrogens with one attached hydrogen (secondary N) is 1. The van der Waals surface area contributed by atoms with Crippen molar-refractivity contribution in [2.24, 2.45) is 5.92 Å². The average Bonchev–Trinajstić information content (AvgIpc) is 2.31. The van der Waals surface area contributed by atoms with Gasteiger partial charge in [0.15, 0.2) is 0 Å². The number of hydrogen-bond acceptors (Lipinski definition) is 1. The van der Waals surface area contributed by atoms with Crippen molar-refractivity contribution in [2.45, 2.75) is 61.8 Å². The van der Waals surface area contributed by atoms with E-state index in [9.17, 15) is 0 Å². The molecule has 0 atom stereocenters. The molecular weight excluding hydrogens is 194 g/mol. The first-order chi connectivity index (χ1) is 7.61. The van der Waals surface area contributed by atoms with E-state index in [0.29, 0.717) is 5.92 Å². The summed E-state index contributed by atoms with van der Waals surface area (Å²) in [4.78, 5) is 0. The second-order valence-electron chi connectivity index (χ2n) is 3.30. The zero-order valence-electron chi connectivity index (χ0n) is 12.8. The molecular formula is C15H33N. The van der Waals surface area contributed by atoms with Crippen LogP contribution in [0.15, 0.2) is 23.9 Å². The van der Waals surface area contributed by atoms with E-state index in [-0.39, 0.29) is 0 Å². The van der Waals surface area contributed by atoms with Gasteiger partial charge in [0.05, 0.1) is 0 Å². The summed E-state index contributed by atoms with van der Waals surface area (Å²) in [5, 5.41) is 3.24. The van der Waals surface area contributed by atoms with E-state index < -0.39 is 0 Å². The number of likely N-dealkylation sites (N-methyl/N-ethyl adjacent to an activating group) is 1. The molecule has 16 heavy (non-hydrogen) atoms. The maximum Gasteiger partial charge on any atom is 0.0296 e. The van der Waals surface area contributed by atoms with Gasteiger partial charge in [0.1, 0.15) is 0 Å². The molecule has 98 valence electrons. The molecule has 0 aromatic heterocycles. The minimum Gasteiger partial charge on any atom is -0.386 e. The molecule has 0 saturated carbocycles. The van der Waals surface area contributed by atoms with Crippen LogP contribution in [0.4, 0.5) is 0 Å². The van der Waals surface area contributed by atoms with Crippen LogP contribution in [0.25, 0.3) is 0 Å². The first-order valence-corrected chi connectivity index (χ1v) is 6.75. The topological polar surface area (TPSA) is 12.0 Å². The van der Waals surface area contributed by atoms with Crippen LogP contribution in [0.5, 0.6) is 0 Å². The molecule has 0 bridgehead atoms. The van der Waals surface area contributed by atoms with E-state index in [1.807, 2.05) is 27.7 Å². The molecule has 1 N–H and O–H groups in total. The van der Waals surface area contributed by atoms with Crippen molar-refractivity contribution < 1.29 is 0 Å². The van der Waals surface area contributed by atoms with Crippen LogP contribution in [0.3, 0.4) is 0 Å². The lowest BCUT2D eigenvalue weighted by molar-refractivity contribution is 0.794. The van der Waals surface area contributed by atoms with Crippen LogP contribution in [-0.4, -0.2) is 6.54 Å². The number of hydrogen-bond donors (Lipinski definition) is 1. The Bertz CT molecular complexity index is 166. The van der Waals surface area contributed by atoms with Crippen LogP contribution < -0.4 is 5.32 Å². The van der Waals surface area contributed by atoms with E-state index in [1.54, 1.807) is 0 Å². The third-order valence-corrected chi connectivity index (χ3v) is 1.69. The first kappa shape index (κ1) is 20.7. The summed E-state index contributed by atoms with van der Waals surface area (Å²) in [7, 11) is 0. The van der Waals surface area contributed by atoms with Gasteiger partial charge in [0.25, 0.3) is 0 Å². The zero-order valence-corrected chi connectivity index (χ0v) is 12.8. The SMILES string of the molecule is C=C(NCC)/C(=C\C(C)C)CC.CC.CC. The quantitative estimate of drug-likeness (QED) is 0.640. The molecule has 0 aromatic carbocycles. The minimum atomic E-state index is 0.607. The van der Waals surface area contributed by atoms with Crippen molar-refractivity contribution in [1.82, 2.24) is 5.32 Å². The highest BCUT2D eigenvalue weighted by Gasteiger charge is 1.99. The Morgan fingerprint density at radius 2 is 1.56 bits per heavy atom. The van der Waals surface area contributed by atoms with Gasteiger partial charge < -0.3 is 5.32 Å². The Hall–Kier alpha value is -0.720. The summed E-state index contributed by atoms with van der Waals surface area (Å²) >= 11 is 0. The lowest BCUT2D eigenvalue weighted by Crippen LogP contribution is -2.13. The van der Waals surface area contributed by atoms with E-state index in [4.69, 9.17) is 0 Å².